The number of carbonyl (C=O) groups excluding carboxylic acids is 4. The molecule has 0 aromatic heterocycles. The first kappa shape index (κ1) is 23.9. The van der Waals surface area contributed by atoms with E-state index in [1.54, 1.807) is 6.92 Å². The fraction of sp³-hybridized carbons (Fsp3) is 0.333. The van der Waals surface area contributed by atoms with Crippen molar-refractivity contribution in [1.29, 1.82) is 0 Å². The first-order chi connectivity index (χ1) is 15.8. The second-order valence-electron chi connectivity index (χ2n) is 7.70. The molecule has 1 aliphatic heterocycles. The van der Waals surface area contributed by atoms with Crippen LogP contribution in [-0.4, -0.2) is 75.5 Å². The molecular weight excluding hydrogens is 426 g/mol. The van der Waals surface area contributed by atoms with Crippen molar-refractivity contribution in [3.63, 3.8) is 0 Å². The number of amides is 1. The summed E-state index contributed by atoms with van der Waals surface area (Å²) < 4.78 is 9.43. The van der Waals surface area contributed by atoms with Crippen molar-refractivity contribution in [2.24, 2.45) is 0 Å². The second kappa shape index (κ2) is 10.7. The highest BCUT2D eigenvalue weighted by Gasteiger charge is 2.20. The molecule has 0 spiro atoms. The van der Waals surface area contributed by atoms with Crippen LogP contribution in [0.3, 0.4) is 0 Å². The number of hydrogen-bond acceptors (Lipinski definition) is 8. The Morgan fingerprint density at radius 1 is 0.818 bits per heavy atom. The molecule has 0 aliphatic carbocycles. The Bertz CT molecular complexity index is 1010. The summed E-state index contributed by atoms with van der Waals surface area (Å²) in [6, 6.07) is 11.8. The standard InChI is InChI=1S/C24H27N3O6/c1-16(28)17-4-6-21(7-5-17)27-10-8-26(9-11-27)15-22(29)25-20-13-18(23(30)32-2)12-19(14-20)24(31)33-3/h4-7,12-14H,8-11,15H2,1-3H3,(H,25,29). The van der Waals surface area contributed by atoms with E-state index in [0.717, 1.165) is 18.8 Å². The number of anilines is 2. The van der Waals surface area contributed by atoms with Crippen LogP contribution in [0, 0.1) is 0 Å². The fourth-order valence-electron chi connectivity index (χ4n) is 3.65. The Balaban J connectivity index is 1.58. The molecule has 0 atom stereocenters. The number of rotatable bonds is 7. The molecule has 174 valence electrons. The van der Waals surface area contributed by atoms with Gasteiger partial charge in [-0.3, -0.25) is 14.5 Å². The highest BCUT2D eigenvalue weighted by Crippen LogP contribution is 2.19. The van der Waals surface area contributed by atoms with Gasteiger partial charge in [-0.15, -0.1) is 0 Å². The van der Waals surface area contributed by atoms with Crippen LogP contribution in [0.25, 0.3) is 0 Å². The average molecular weight is 453 g/mol. The lowest BCUT2D eigenvalue weighted by Crippen LogP contribution is -2.48. The van der Waals surface area contributed by atoms with Crippen molar-refractivity contribution < 1.29 is 28.7 Å². The number of piperazine rings is 1. The van der Waals surface area contributed by atoms with E-state index in [-0.39, 0.29) is 29.4 Å². The third kappa shape index (κ3) is 6.17. The molecule has 9 nitrogen and oxygen atoms in total. The SMILES string of the molecule is COC(=O)c1cc(NC(=O)CN2CCN(c3ccc(C(C)=O)cc3)CC2)cc(C(=O)OC)c1. The lowest BCUT2D eigenvalue weighted by atomic mass is 10.1. The normalized spacial score (nSPS) is 13.8. The molecule has 1 aliphatic rings. The van der Waals surface area contributed by atoms with Crippen LogP contribution in [0.5, 0.6) is 0 Å². The van der Waals surface area contributed by atoms with Crippen molar-refractivity contribution >= 4 is 35.0 Å². The van der Waals surface area contributed by atoms with Gasteiger partial charge in [-0.1, -0.05) is 0 Å². The molecule has 1 amide bonds. The summed E-state index contributed by atoms with van der Waals surface area (Å²) in [4.78, 5) is 52.1. The number of ether oxygens (including phenoxy) is 2. The molecule has 0 bridgehead atoms. The summed E-state index contributed by atoms with van der Waals surface area (Å²) >= 11 is 0. The van der Waals surface area contributed by atoms with E-state index < -0.39 is 11.9 Å². The van der Waals surface area contributed by atoms with Crippen molar-refractivity contribution in [2.75, 3.05) is 57.2 Å². The molecule has 2 aromatic rings. The number of carbonyl (C=O) groups is 4. The Hall–Kier alpha value is -3.72. The van der Waals surface area contributed by atoms with Crippen LogP contribution in [0.2, 0.25) is 0 Å². The molecule has 1 saturated heterocycles. The van der Waals surface area contributed by atoms with E-state index in [2.05, 4.69) is 10.2 Å². The van der Waals surface area contributed by atoms with Crippen LogP contribution in [-0.2, 0) is 14.3 Å². The summed E-state index contributed by atoms with van der Waals surface area (Å²) in [5, 5.41) is 2.75. The summed E-state index contributed by atoms with van der Waals surface area (Å²) in [5.41, 5.74) is 2.31. The number of ketones is 1. The maximum Gasteiger partial charge on any atom is 0.337 e. The minimum absolute atomic E-state index is 0.0354. The highest BCUT2D eigenvalue weighted by atomic mass is 16.5. The number of nitrogens with one attached hydrogen (secondary N) is 1. The topological polar surface area (TPSA) is 105 Å². The zero-order valence-electron chi connectivity index (χ0n) is 18.9. The second-order valence-corrected chi connectivity index (χ2v) is 7.70. The summed E-state index contributed by atoms with van der Waals surface area (Å²) in [6.45, 7) is 4.59. The summed E-state index contributed by atoms with van der Waals surface area (Å²) in [7, 11) is 2.48. The molecular formula is C24H27N3O6. The lowest BCUT2D eigenvalue weighted by molar-refractivity contribution is -0.117. The van der Waals surface area contributed by atoms with Gasteiger partial charge in [0, 0.05) is 43.1 Å². The average Bonchev–Trinajstić information content (AvgIpc) is 2.83. The van der Waals surface area contributed by atoms with Gasteiger partial charge in [-0.2, -0.15) is 0 Å². The highest BCUT2D eigenvalue weighted by molar-refractivity contribution is 6.00. The van der Waals surface area contributed by atoms with Gasteiger partial charge in [0.25, 0.3) is 0 Å². The number of hydrogen-bond donors (Lipinski definition) is 1. The number of nitrogens with zero attached hydrogens (tertiary/aromatic N) is 2. The van der Waals surface area contributed by atoms with Crippen LogP contribution in [0.1, 0.15) is 38.0 Å². The molecule has 33 heavy (non-hydrogen) atoms. The Morgan fingerprint density at radius 2 is 1.36 bits per heavy atom. The predicted octanol–water partition coefficient (Wildman–Crippen LogP) is 2.22. The molecule has 2 aromatic carbocycles. The van der Waals surface area contributed by atoms with Gasteiger partial charge >= 0.3 is 11.9 Å². The minimum atomic E-state index is -0.622. The zero-order valence-corrected chi connectivity index (χ0v) is 18.9. The number of Topliss-reactive ketones (excluding diaryl/α,β-unsaturated/α-hetero) is 1. The van der Waals surface area contributed by atoms with Gasteiger partial charge in [-0.25, -0.2) is 9.59 Å². The van der Waals surface area contributed by atoms with Crippen molar-refractivity contribution in [3.05, 3.63) is 59.2 Å². The Morgan fingerprint density at radius 3 is 1.85 bits per heavy atom. The quantitative estimate of drug-likeness (QED) is 0.503. The molecule has 0 saturated carbocycles. The van der Waals surface area contributed by atoms with E-state index >= 15 is 0 Å². The van der Waals surface area contributed by atoms with Crippen LogP contribution >= 0.6 is 0 Å². The van der Waals surface area contributed by atoms with Crippen molar-refractivity contribution in [1.82, 2.24) is 4.90 Å². The maximum atomic E-state index is 12.6. The van der Waals surface area contributed by atoms with Crippen LogP contribution in [0.4, 0.5) is 11.4 Å². The van der Waals surface area contributed by atoms with E-state index in [0.29, 0.717) is 24.3 Å². The van der Waals surface area contributed by atoms with Gasteiger partial charge < -0.3 is 19.7 Å². The molecule has 1 N–H and O–H groups in total. The molecule has 3 rings (SSSR count). The van der Waals surface area contributed by atoms with E-state index in [1.165, 1.54) is 32.4 Å². The number of esters is 2. The number of methoxy groups -OCH3 is 2. The van der Waals surface area contributed by atoms with Gasteiger partial charge in [0.1, 0.15) is 0 Å². The fourth-order valence-corrected chi connectivity index (χ4v) is 3.65. The van der Waals surface area contributed by atoms with E-state index in [1.807, 2.05) is 29.2 Å². The van der Waals surface area contributed by atoms with E-state index in [9.17, 15) is 19.2 Å². The first-order valence-corrected chi connectivity index (χ1v) is 10.5. The first-order valence-electron chi connectivity index (χ1n) is 10.5. The van der Waals surface area contributed by atoms with E-state index in [4.69, 9.17) is 9.47 Å². The van der Waals surface area contributed by atoms with Gasteiger partial charge in [0.2, 0.25) is 5.91 Å². The van der Waals surface area contributed by atoms with Crippen LogP contribution < -0.4 is 10.2 Å². The summed E-state index contributed by atoms with van der Waals surface area (Å²) in [6.07, 6.45) is 0. The number of benzene rings is 2. The van der Waals surface area contributed by atoms with Gasteiger partial charge in [-0.05, 0) is 49.4 Å². The van der Waals surface area contributed by atoms with Gasteiger partial charge in [0.05, 0.1) is 31.9 Å². The molecule has 9 heteroatoms. The van der Waals surface area contributed by atoms with Crippen molar-refractivity contribution in [2.45, 2.75) is 6.92 Å². The molecule has 0 unspecified atom stereocenters. The minimum Gasteiger partial charge on any atom is -0.465 e. The monoisotopic (exact) mass is 453 g/mol. The smallest absolute Gasteiger partial charge is 0.337 e. The molecule has 1 fully saturated rings. The summed E-state index contributed by atoms with van der Waals surface area (Å²) in [5.74, 6) is -1.47. The molecule has 0 radical (unpaired) electrons. The zero-order chi connectivity index (χ0) is 24.0. The predicted molar refractivity (Wildman–Crippen MR) is 123 cm³/mol. The molecule has 1 heterocycles. The Labute approximate surface area is 192 Å². The van der Waals surface area contributed by atoms with Gasteiger partial charge in [0.15, 0.2) is 5.78 Å². The largest absolute Gasteiger partial charge is 0.465 e. The lowest BCUT2D eigenvalue weighted by Gasteiger charge is -2.35. The van der Waals surface area contributed by atoms with Crippen molar-refractivity contribution in [3.8, 4) is 0 Å². The Kier molecular flexibility index (Phi) is 7.78. The van der Waals surface area contributed by atoms with Crippen LogP contribution in [0.15, 0.2) is 42.5 Å². The maximum absolute atomic E-state index is 12.6. The third-order valence-corrected chi connectivity index (χ3v) is 5.44. The third-order valence-electron chi connectivity index (χ3n) is 5.44.